The number of thiazole rings is 1. The number of rotatable bonds is 4. The first-order valence-electron chi connectivity index (χ1n) is 8.56. The number of aryl methyl sites for hydroxylation is 1. The number of halogens is 1. The number of amides is 1. The Morgan fingerprint density at radius 1 is 1.17 bits per heavy atom. The summed E-state index contributed by atoms with van der Waals surface area (Å²) in [6.07, 6.45) is 0. The molecule has 0 radical (unpaired) electrons. The summed E-state index contributed by atoms with van der Waals surface area (Å²) in [6, 6.07) is 11.8. The van der Waals surface area contributed by atoms with Crippen molar-refractivity contribution in [2.45, 2.75) is 13.8 Å². The van der Waals surface area contributed by atoms with E-state index in [9.17, 15) is 14.9 Å². The minimum Gasteiger partial charge on any atom is -0.313 e. The van der Waals surface area contributed by atoms with E-state index >= 15 is 0 Å². The molecule has 1 amide bonds. The largest absolute Gasteiger partial charge is 0.313 e. The molecular formula is C20H14ClN3O3S2. The van der Waals surface area contributed by atoms with E-state index in [-0.39, 0.29) is 16.3 Å². The van der Waals surface area contributed by atoms with Gasteiger partial charge in [-0.1, -0.05) is 23.7 Å². The third kappa shape index (κ3) is 3.62. The number of anilines is 1. The molecule has 6 nitrogen and oxygen atoms in total. The second-order valence-electron chi connectivity index (χ2n) is 6.35. The highest BCUT2D eigenvalue weighted by Crippen LogP contribution is 2.43. The van der Waals surface area contributed by atoms with Crippen LogP contribution in [0.3, 0.4) is 0 Å². The van der Waals surface area contributed by atoms with Gasteiger partial charge < -0.3 is 5.32 Å². The highest BCUT2D eigenvalue weighted by atomic mass is 35.5. The summed E-state index contributed by atoms with van der Waals surface area (Å²) in [6.45, 7) is 3.94. The zero-order valence-corrected chi connectivity index (χ0v) is 17.7. The maximum Gasteiger partial charge on any atom is 0.282 e. The number of carbonyl (C=O) groups excluding carboxylic acids is 1. The number of para-hydroxylation sites is 1. The van der Waals surface area contributed by atoms with Gasteiger partial charge in [0.15, 0.2) is 0 Å². The fourth-order valence-corrected chi connectivity index (χ4v) is 5.34. The number of nitrogens with zero attached hydrogens (tertiary/aromatic N) is 2. The molecule has 0 fully saturated rings. The van der Waals surface area contributed by atoms with Crippen LogP contribution in [-0.2, 0) is 0 Å². The van der Waals surface area contributed by atoms with E-state index in [1.54, 1.807) is 11.3 Å². The summed E-state index contributed by atoms with van der Waals surface area (Å²) in [5, 5.41) is 15.8. The molecule has 1 N–H and O–H groups in total. The maximum atomic E-state index is 12.9. The lowest BCUT2D eigenvalue weighted by molar-refractivity contribution is -0.385. The first-order valence-corrected chi connectivity index (χ1v) is 10.6. The van der Waals surface area contributed by atoms with Crippen LogP contribution in [0.2, 0.25) is 5.02 Å². The van der Waals surface area contributed by atoms with Crippen LogP contribution in [-0.4, -0.2) is 15.8 Å². The van der Waals surface area contributed by atoms with Crippen LogP contribution < -0.4 is 5.32 Å². The van der Waals surface area contributed by atoms with E-state index in [4.69, 9.17) is 16.6 Å². The number of benzene rings is 2. The summed E-state index contributed by atoms with van der Waals surface area (Å²) in [5.41, 5.74) is 2.37. The highest BCUT2D eigenvalue weighted by Gasteiger charge is 2.24. The van der Waals surface area contributed by atoms with Crippen LogP contribution in [0.1, 0.15) is 20.8 Å². The molecule has 0 aliphatic heterocycles. The molecule has 0 spiro atoms. The van der Waals surface area contributed by atoms with Crippen molar-refractivity contribution < 1.29 is 9.72 Å². The van der Waals surface area contributed by atoms with Crippen molar-refractivity contribution in [1.29, 1.82) is 0 Å². The van der Waals surface area contributed by atoms with E-state index in [1.807, 2.05) is 38.1 Å². The van der Waals surface area contributed by atoms with Gasteiger partial charge in [-0.05, 0) is 43.7 Å². The number of thiophene rings is 1. The predicted octanol–water partition coefficient (Wildman–Crippen LogP) is 6.46. The summed E-state index contributed by atoms with van der Waals surface area (Å²) < 4.78 is 1.05. The van der Waals surface area contributed by atoms with E-state index in [0.717, 1.165) is 31.2 Å². The molecule has 146 valence electrons. The Kier molecular flexibility index (Phi) is 5.08. The van der Waals surface area contributed by atoms with Crippen molar-refractivity contribution in [2.75, 3.05) is 5.32 Å². The fraction of sp³-hybridized carbons (Fsp3) is 0.100. The molecule has 4 rings (SSSR count). The van der Waals surface area contributed by atoms with Gasteiger partial charge in [0, 0.05) is 21.5 Å². The van der Waals surface area contributed by atoms with Gasteiger partial charge >= 0.3 is 0 Å². The second-order valence-corrected chi connectivity index (χ2v) is 9.04. The minimum absolute atomic E-state index is 0.0820. The molecule has 0 saturated heterocycles. The Morgan fingerprint density at radius 2 is 1.93 bits per heavy atom. The number of aromatic nitrogens is 1. The summed E-state index contributed by atoms with van der Waals surface area (Å²) in [7, 11) is 0. The number of carbonyl (C=O) groups is 1. The molecule has 9 heteroatoms. The molecular weight excluding hydrogens is 430 g/mol. The molecule has 4 aromatic rings. The van der Waals surface area contributed by atoms with Crippen LogP contribution >= 0.6 is 34.3 Å². The normalized spacial score (nSPS) is 11.0. The third-order valence-electron chi connectivity index (χ3n) is 4.52. The number of nitrogens with one attached hydrogen (secondary N) is 1. The summed E-state index contributed by atoms with van der Waals surface area (Å²) in [5.74, 6) is -0.581. The number of hydrogen-bond donors (Lipinski definition) is 1. The topological polar surface area (TPSA) is 85.1 Å². The van der Waals surface area contributed by atoms with Gasteiger partial charge in [-0.3, -0.25) is 14.9 Å². The van der Waals surface area contributed by atoms with Crippen LogP contribution in [0.5, 0.6) is 0 Å². The SMILES string of the molecule is Cc1sc(NC(=O)c2cc(Cl)ccc2[N+](=O)[O-])c(-c2nc3ccccc3s2)c1C. The molecule has 0 atom stereocenters. The number of fused-ring (bicyclic) bond motifs is 1. The van der Waals surface area contributed by atoms with Crippen molar-refractivity contribution in [3.05, 3.63) is 73.6 Å². The minimum atomic E-state index is -0.593. The molecule has 29 heavy (non-hydrogen) atoms. The third-order valence-corrected chi connectivity index (χ3v) is 6.93. The van der Waals surface area contributed by atoms with Crippen molar-refractivity contribution in [3.8, 4) is 10.6 Å². The van der Waals surface area contributed by atoms with E-state index in [0.29, 0.717) is 5.00 Å². The number of nitro benzene ring substituents is 1. The highest BCUT2D eigenvalue weighted by molar-refractivity contribution is 7.22. The van der Waals surface area contributed by atoms with Crippen molar-refractivity contribution in [1.82, 2.24) is 4.98 Å². The van der Waals surface area contributed by atoms with Gasteiger partial charge in [0.25, 0.3) is 11.6 Å². The Morgan fingerprint density at radius 3 is 2.66 bits per heavy atom. The van der Waals surface area contributed by atoms with Crippen LogP contribution in [0.4, 0.5) is 10.7 Å². The van der Waals surface area contributed by atoms with Crippen LogP contribution in [0.25, 0.3) is 20.8 Å². The van der Waals surface area contributed by atoms with Crippen molar-refractivity contribution in [3.63, 3.8) is 0 Å². The Labute approximate surface area is 178 Å². The average Bonchev–Trinajstić information content (AvgIpc) is 3.22. The van der Waals surface area contributed by atoms with Gasteiger partial charge in [-0.25, -0.2) is 4.98 Å². The van der Waals surface area contributed by atoms with Gasteiger partial charge in [0.2, 0.25) is 0 Å². The van der Waals surface area contributed by atoms with E-state index in [1.165, 1.54) is 29.5 Å². The fourth-order valence-electron chi connectivity index (χ4n) is 2.97. The van der Waals surface area contributed by atoms with Crippen molar-refractivity contribution in [2.24, 2.45) is 0 Å². The molecule has 2 heterocycles. The van der Waals surface area contributed by atoms with Crippen LogP contribution in [0.15, 0.2) is 42.5 Å². The van der Waals surface area contributed by atoms with Gasteiger partial charge in [-0.2, -0.15) is 0 Å². The summed E-state index contributed by atoms with van der Waals surface area (Å²) in [4.78, 5) is 29.3. The molecule has 2 aromatic heterocycles. The van der Waals surface area contributed by atoms with E-state index < -0.39 is 10.8 Å². The lowest BCUT2D eigenvalue weighted by Crippen LogP contribution is -2.13. The average molecular weight is 444 g/mol. The Hall–Kier alpha value is -2.81. The lowest BCUT2D eigenvalue weighted by Gasteiger charge is -2.07. The Bertz CT molecular complexity index is 1250. The Balaban J connectivity index is 1.78. The smallest absolute Gasteiger partial charge is 0.282 e. The molecule has 0 unspecified atom stereocenters. The summed E-state index contributed by atoms with van der Waals surface area (Å²) >= 11 is 8.92. The van der Waals surface area contributed by atoms with Gasteiger partial charge in [0.1, 0.15) is 15.6 Å². The standard InChI is InChI=1S/C20H14ClN3O3S2/c1-10-11(2)28-20(17(10)19-22-14-5-3-4-6-16(14)29-19)23-18(25)13-9-12(21)7-8-15(13)24(26)27/h3-9H,1-2H3,(H,23,25). The first kappa shape index (κ1) is 19.5. The number of hydrogen-bond acceptors (Lipinski definition) is 6. The first-order chi connectivity index (χ1) is 13.8. The zero-order valence-electron chi connectivity index (χ0n) is 15.4. The molecule has 2 aromatic carbocycles. The van der Waals surface area contributed by atoms with Crippen LogP contribution in [0, 0.1) is 24.0 Å². The molecule has 0 saturated carbocycles. The molecule has 0 aliphatic carbocycles. The molecule has 0 bridgehead atoms. The molecule has 0 aliphatic rings. The maximum absolute atomic E-state index is 12.9. The second kappa shape index (κ2) is 7.55. The van der Waals surface area contributed by atoms with Gasteiger partial charge in [-0.15, -0.1) is 22.7 Å². The quantitative estimate of drug-likeness (QED) is 0.290. The lowest BCUT2D eigenvalue weighted by atomic mass is 10.1. The monoisotopic (exact) mass is 443 g/mol. The number of nitro groups is 1. The van der Waals surface area contributed by atoms with Gasteiger partial charge in [0.05, 0.1) is 15.1 Å². The zero-order chi connectivity index (χ0) is 20.7. The van der Waals surface area contributed by atoms with Crippen molar-refractivity contribution >= 4 is 61.1 Å². The predicted molar refractivity (Wildman–Crippen MR) is 118 cm³/mol. The van der Waals surface area contributed by atoms with E-state index in [2.05, 4.69) is 5.32 Å².